The number of benzene rings is 2. The smallest absolute Gasteiger partial charge is 0.271 e. The largest absolute Gasteiger partial charge is 0.490 e. The first-order chi connectivity index (χ1) is 17.3. The highest BCUT2D eigenvalue weighted by Gasteiger charge is 2.34. The number of aryl methyl sites for hydroxylation is 1. The van der Waals surface area contributed by atoms with Crippen LogP contribution in [0.3, 0.4) is 0 Å². The molecule has 0 N–H and O–H groups in total. The average Bonchev–Trinajstić information content (AvgIpc) is 3.46. The van der Waals surface area contributed by atoms with Gasteiger partial charge < -0.3 is 4.74 Å². The second kappa shape index (κ2) is 8.97. The number of rotatable bonds is 4. The third-order valence-electron chi connectivity index (χ3n) is 6.66. The number of hydrogen-bond acceptors (Lipinski definition) is 5. The summed E-state index contributed by atoms with van der Waals surface area (Å²) >= 11 is 0. The Labute approximate surface area is 209 Å². The number of amides is 2. The number of carbonyl (C=O) groups excluding carboxylic acids is 2. The third-order valence-corrected chi connectivity index (χ3v) is 6.66. The van der Waals surface area contributed by atoms with Crippen LogP contribution in [-0.4, -0.2) is 39.1 Å². The molecule has 2 aliphatic heterocycles. The van der Waals surface area contributed by atoms with E-state index in [-0.39, 0.29) is 18.2 Å². The fraction of sp³-hybridized carbons (Fsp3) is 0.241. The van der Waals surface area contributed by atoms with E-state index in [1.54, 1.807) is 24.6 Å². The lowest BCUT2D eigenvalue weighted by Gasteiger charge is -2.26. The van der Waals surface area contributed by atoms with Crippen LogP contribution in [0.2, 0.25) is 0 Å². The standard InChI is InChI=1S/C29H26N4O3/c1-5-32-28(34)24(19(4)25(15-30)29(32)35)14-22-16-33(23-9-7-6-8-10-23)31-26(22)20-11-17(2)27-21(13-20)12-18(3)36-27/h6-11,13-14,16,18H,5,12H2,1-4H3/b24-14+/t18-/m1/s1. The molecule has 1 atom stereocenters. The monoisotopic (exact) mass is 478 g/mol. The van der Waals surface area contributed by atoms with Gasteiger partial charge in [-0.15, -0.1) is 0 Å². The number of likely N-dealkylation sites (N-methyl/N-ethyl adjacent to an activating group) is 1. The molecular weight excluding hydrogens is 452 g/mol. The summed E-state index contributed by atoms with van der Waals surface area (Å²) in [6, 6.07) is 15.9. The zero-order valence-electron chi connectivity index (χ0n) is 20.7. The van der Waals surface area contributed by atoms with Gasteiger partial charge in [-0.1, -0.05) is 18.2 Å². The maximum atomic E-state index is 13.3. The summed E-state index contributed by atoms with van der Waals surface area (Å²) in [6.07, 6.45) is 4.55. The van der Waals surface area contributed by atoms with E-state index < -0.39 is 11.8 Å². The molecule has 0 unspecified atom stereocenters. The van der Waals surface area contributed by atoms with Crippen molar-refractivity contribution in [2.75, 3.05) is 6.54 Å². The lowest BCUT2D eigenvalue weighted by Crippen LogP contribution is -2.42. The van der Waals surface area contributed by atoms with Crippen LogP contribution in [0, 0.1) is 18.3 Å². The van der Waals surface area contributed by atoms with Crippen molar-refractivity contribution in [2.45, 2.75) is 40.2 Å². The second-order valence-electron chi connectivity index (χ2n) is 9.15. The Bertz CT molecular complexity index is 1510. The summed E-state index contributed by atoms with van der Waals surface area (Å²) in [4.78, 5) is 27.0. The molecule has 1 aromatic heterocycles. The van der Waals surface area contributed by atoms with Crippen molar-refractivity contribution in [3.8, 4) is 28.8 Å². The van der Waals surface area contributed by atoms with Crippen LogP contribution in [0.15, 0.2) is 65.4 Å². The van der Waals surface area contributed by atoms with Crippen molar-refractivity contribution in [1.29, 1.82) is 5.26 Å². The summed E-state index contributed by atoms with van der Waals surface area (Å²) in [5.41, 5.74) is 6.05. The predicted octanol–water partition coefficient (Wildman–Crippen LogP) is 4.78. The first-order valence-corrected chi connectivity index (χ1v) is 12.0. The highest BCUT2D eigenvalue weighted by Crippen LogP contribution is 2.38. The van der Waals surface area contributed by atoms with E-state index in [2.05, 4.69) is 13.0 Å². The Kier molecular flexibility index (Phi) is 5.81. The quantitative estimate of drug-likeness (QED) is 0.398. The molecule has 2 aliphatic rings. The molecule has 2 aromatic carbocycles. The zero-order chi connectivity index (χ0) is 25.6. The number of imide groups is 1. The molecule has 0 saturated heterocycles. The molecule has 0 aliphatic carbocycles. The minimum atomic E-state index is -0.553. The van der Waals surface area contributed by atoms with Gasteiger partial charge in [-0.3, -0.25) is 14.5 Å². The highest BCUT2D eigenvalue weighted by atomic mass is 16.5. The molecule has 180 valence electrons. The van der Waals surface area contributed by atoms with Gasteiger partial charge in [0.2, 0.25) is 0 Å². The Balaban J connectivity index is 1.72. The van der Waals surface area contributed by atoms with Crippen molar-refractivity contribution >= 4 is 17.9 Å². The zero-order valence-corrected chi connectivity index (χ0v) is 20.7. The normalized spacial score (nSPS) is 18.5. The molecule has 3 heterocycles. The molecule has 7 heteroatoms. The average molecular weight is 479 g/mol. The Hall–Kier alpha value is -4.44. The molecular formula is C29H26N4O3. The van der Waals surface area contributed by atoms with Gasteiger partial charge in [0, 0.05) is 35.9 Å². The molecule has 5 rings (SSSR count). The summed E-state index contributed by atoms with van der Waals surface area (Å²) in [5, 5.41) is 14.5. The maximum Gasteiger partial charge on any atom is 0.271 e. The first kappa shape index (κ1) is 23.3. The van der Waals surface area contributed by atoms with Crippen molar-refractivity contribution in [2.24, 2.45) is 0 Å². The van der Waals surface area contributed by atoms with Crippen LogP contribution in [0.1, 0.15) is 37.5 Å². The van der Waals surface area contributed by atoms with E-state index in [0.717, 1.165) is 45.0 Å². The first-order valence-electron chi connectivity index (χ1n) is 12.0. The van der Waals surface area contributed by atoms with Gasteiger partial charge in [-0.05, 0) is 74.7 Å². The molecule has 0 saturated carbocycles. The van der Waals surface area contributed by atoms with Gasteiger partial charge in [-0.25, -0.2) is 4.68 Å². The third kappa shape index (κ3) is 3.81. The van der Waals surface area contributed by atoms with Crippen molar-refractivity contribution < 1.29 is 14.3 Å². The van der Waals surface area contributed by atoms with E-state index >= 15 is 0 Å². The van der Waals surface area contributed by atoms with Crippen LogP contribution in [0.25, 0.3) is 23.0 Å². The van der Waals surface area contributed by atoms with Crippen LogP contribution >= 0.6 is 0 Å². The number of para-hydroxylation sites is 1. The summed E-state index contributed by atoms with van der Waals surface area (Å²) in [5.74, 6) is -0.0429. The Morgan fingerprint density at radius 1 is 1.17 bits per heavy atom. The topological polar surface area (TPSA) is 88.2 Å². The molecule has 2 amide bonds. The Morgan fingerprint density at radius 3 is 2.61 bits per heavy atom. The number of carbonyl (C=O) groups is 2. The predicted molar refractivity (Wildman–Crippen MR) is 136 cm³/mol. The molecule has 0 spiro atoms. The van der Waals surface area contributed by atoms with E-state index in [1.165, 1.54) is 0 Å². The lowest BCUT2D eigenvalue weighted by atomic mass is 9.93. The number of fused-ring (bicyclic) bond motifs is 1. The van der Waals surface area contributed by atoms with Gasteiger partial charge in [0.1, 0.15) is 23.5 Å². The minimum Gasteiger partial charge on any atom is -0.490 e. The van der Waals surface area contributed by atoms with Crippen molar-refractivity contribution in [3.63, 3.8) is 0 Å². The molecule has 0 radical (unpaired) electrons. The number of aromatic nitrogens is 2. The van der Waals surface area contributed by atoms with Gasteiger partial charge in [0.05, 0.1) is 11.4 Å². The fourth-order valence-corrected chi connectivity index (χ4v) is 4.86. The molecule has 36 heavy (non-hydrogen) atoms. The molecule has 0 bridgehead atoms. The van der Waals surface area contributed by atoms with E-state index in [4.69, 9.17) is 9.84 Å². The van der Waals surface area contributed by atoms with Crippen LogP contribution < -0.4 is 4.74 Å². The van der Waals surface area contributed by atoms with E-state index in [1.807, 2.05) is 55.6 Å². The van der Waals surface area contributed by atoms with Crippen LogP contribution in [-0.2, 0) is 16.0 Å². The minimum absolute atomic E-state index is 0.0146. The fourth-order valence-electron chi connectivity index (χ4n) is 4.86. The highest BCUT2D eigenvalue weighted by molar-refractivity contribution is 6.19. The molecule has 0 fully saturated rings. The van der Waals surface area contributed by atoms with E-state index in [0.29, 0.717) is 16.8 Å². The van der Waals surface area contributed by atoms with Gasteiger partial charge in [0.15, 0.2) is 0 Å². The Morgan fingerprint density at radius 2 is 1.92 bits per heavy atom. The number of nitrogens with zero attached hydrogens (tertiary/aromatic N) is 4. The van der Waals surface area contributed by atoms with Gasteiger partial charge in [0.25, 0.3) is 11.8 Å². The number of nitriles is 1. The number of ether oxygens (including phenoxy) is 1. The summed E-state index contributed by atoms with van der Waals surface area (Å²) < 4.78 is 7.77. The number of hydrogen-bond donors (Lipinski definition) is 0. The van der Waals surface area contributed by atoms with E-state index in [9.17, 15) is 14.9 Å². The van der Waals surface area contributed by atoms with Gasteiger partial charge >= 0.3 is 0 Å². The van der Waals surface area contributed by atoms with Crippen LogP contribution in [0.5, 0.6) is 5.75 Å². The molecule has 7 nitrogen and oxygen atoms in total. The molecule has 3 aromatic rings. The maximum absolute atomic E-state index is 13.3. The SMILES string of the molecule is CCN1C(=O)C(C#N)=C(C)/C(=C\c2cn(-c3ccccc3)nc2-c2cc(C)c3c(c2)C[C@@H](C)O3)C1=O. The van der Waals surface area contributed by atoms with Crippen molar-refractivity contribution in [1.82, 2.24) is 14.7 Å². The van der Waals surface area contributed by atoms with Crippen LogP contribution in [0.4, 0.5) is 0 Å². The summed E-state index contributed by atoms with van der Waals surface area (Å²) in [7, 11) is 0. The second-order valence-corrected chi connectivity index (χ2v) is 9.15. The summed E-state index contributed by atoms with van der Waals surface area (Å²) in [6.45, 7) is 7.63. The lowest BCUT2D eigenvalue weighted by molar-refractivity contribution is -0.140. The van der Waals surface area contributed by atoms with Crippen molar-refractivity contribution in [3.05, 3.63) is 82.1 Å². The van der Waals surface area contributed by atoms with Gasteiger partial charge in [-0.2, -0.15) is 10.4 Å².